The summed E-state index contributed by atoms with van der Waals surface area (Å²) in [6.45, 7) is 4.95. The normalized spacial score (nSPS) is 23.6. The molecule has 2 aromatic rings. The largest absolute Gasteiger partial charge is 0.483 e. The van der Waals surface area contributed by atoms with Gasteiger partial charge in [-0.3, -0.25) is 4.79 Å². The lowest BCUT2D eigenvalue weighted by atomic mass is 10.1. The van der Waals surface area contributed by atoms with Crippen LogP contribution in [0.5, 0.6) is 5.75 Å². The standard InChI is InChI=1S/C24H30F2N4O4S/c1-16(2)35(32,33)29-9-7-28(8-10-29)21-15-27-30(19-12-17(25)11-18(26)13-19)23(31)22(21)34-20-3-4-24(14-20)5-6-24/h11-13,15-16,20H,3-10,14H2,1-2H3/p+1. The second kappa shape index (κ2) is 8.94. The summed E-state index contributed by atoms with van der Waals surface area (Å²) in [5.74, 6) is -1.50. The van der Waals surface area contributed by atoms with Gasteiger partial charge in [-0.05, 0) is 67.7 Å². The quantitative estimate of drug-likeness (QED) is 0.599. The summed E-state index contributed by atoms with van der Waals surface area (Å²) in [6.07, 6.45) is 6.54. The maximum absolute atomic E-state index is 13.9. The van der Waals surface area contributed by atoms with Crippen molar-refractivity contribution in [3.05, 3.63) is 46.4 Å². The highest BCUT2D eigenvalue weighted by molar-refractivity contribution is 7.96. The molecule has 1 aromatic carbocycles. The number of hydrogen-bond acceptors (Lipinski definition) is 5. The van der Waals surface area contributed by atoms with E-state index in [4.69, 9.17) is 4.74 Å². The lowest BCUT2D eigenvalue weighted by Gasteiger charge is -2.35. The van der Waals surface area contributed by atoms with Crippen molar-refractivity contribution in [2.75, 3.05) is 31.1 Å². The van der Waals surface area contributed by atoms with Crippen LogP contribution in [0.2, 0.25) is 0 Å². The zero-order valence-electron chi connectivity index (χ0n) is 20.0. The summed E-state index contributed by atoms with van der Waals surface area (Å²) in [4.78, 5) is 15.5. The van der Waals surface area contributed by atoms with Gasteiger partial charge in [0.25, 0.3) is 10.4 Å². The number of nitrogens with zero attached hydrogens (tertiary/aromatic N) is 4. The second-order valence-electron chi connectivity index (χ2n) is 10.2. The molecule has 35 heavy (non-hydrogen) atoms. The Morgan fingerprint density at radius 2 is 1.77 bits per heavy atom. The number of piperazine rings is 1. The molecule has 1 spiro atoms. The van der Waals surface area contributed by atoms with E-state index in [1.54, 1.807) is 18.2 Å². The van der Waals surface area contributed by atoms with Gasteiger partial charge in [-0.1, -0.05) is 4.31 Å². The van der Waals surface area contributed by atoms with E-state index in [2.05, 4.69) is 5.10 Å². The number of hydrogen-bond donors (Lipinski definition) is 1. The molecule has 2 heterocycles. The lowest BCUT2D eigenvalue weighted by molar-refractivity contribution is 0.198. The van der Waals surface area contributed by atoms with Gasteiger partial charge in [0.05, 0.1) is 31.1 Å². The Morgan fingerprint density at radius 3 is 2.34 bits per heavy atom. The number of aromatic nitrogens is 2. The first-order chi connectivity index (χ1) is 16.6. The summed E-state index contributed by atoms with van der Waals surface area (Å²) in [5.41, 5.74) is 0.232. The molecule has 0 amide bonds. The molecule has 2 aliphatic carbocycles. The average molecular weight is 510 g/mol. The van der Waals surface area contributed by atoms with Crippen LogP contribution >= 0.6 is 0 Å². The molecule has 2 atom stereocenters. The summed E-state index contributed by atoms with van der Waals surface area (Å²) < 4.78 is 59.6. The molecule has 3 fully saturated rings. The van der Waals surface area contributed by atoms with Gasteiger partial charge in [0.1, 0.15) is 17.3 Å². The second-order valence-corrected chi connectivity index (χ2v) is 12.7. The van der Waals surface area contributed by atoms with Crippen LogP contribution in [0.25, 0.3) is 5.69 Å². The first kappa shape index (κ1) is 24.3. The van der Waals surface area contributed by atoms with Crippen molar-refractivity contribution >= 4 is 16.1 Å². The van der Waals surface area contributed by atoms with E-state index in [9.17, 15) is 22.3 Å². The molecule has 8 nitrogen and oxygen atoms in total. The molecular formula is C24H31F2N4O4S+. The molecule has 0 radical (unpaired) electrons. The van der Waals surface area contributed by atoms with Gasteiger partial charge in [-0.15, -0.1) is 0 Å². The smallest absolute Gasteiger partial charge is 0.316 e. The minimum Gasteiger partial charge on any atom is -0.483 e. The van der Waals surface area contributed by atoms with Gasteiger partial charge in [-0.25, -0.2) is 8.78 Å². The number of benzene rings is 1. The van der Waals surface area contributed by atoms with Crippen molar-refractivity contribution in [3.8, 4) is 11.4 Å². The van der Waals surface area contributed by atoms with Crippen molar-refractivity contribution < 1.29 is 22.3 Å². The van der Waals surface area contributed by atoms with Gasteiger partial charge in [-0.2, -0.15) is 14.3 Å². The van der Waals surface area contributed by atoms with Crippen molar-refractivity contribution in [1.82, 2.24) is 14.1 Å². The Hall–Kier alpha value is -2.37. The van der Waals surface area contributed by atoms with Crippen LogP contribution in [0.15, 0.2) is 29.2 Å². The fourth-order valence-corrected chi connectivity index (χ4v) is 6.43. The maximum Gasteiger partial charge on any atom is 0.316 e. The van der Waals surface area contributed by atoms with Crippen LogP contribution in [0.3, 0.4) is 0 Å². The first-order valence-electron chi connectivity index (χ1n) is 12.1. The summed E-state index contributed by atoms with van der Waals surface area (Å²) >= 11 is 0. The van der Waals surface area contributed by atoms with Crippen molar-refractivity contribution in [1.29, 1.82) is 0 Å². The van der Waals surface area contributed by atoms with Crippen LogP contribution in [-0.4, -0.2) is 56.2 Å². The van der Waals surface area contributed by atoms with E-state index in [0.29, 0.717) is 37.3 Å². The van der Waals surface area contributed by atoms with Gasteiger partial charge in [0, 0.05) is 19.2 Å². The molecular weight excluding hydrogens is 478 g/mol. The molecule has 2 unspecified atom stereocenters. The molecule has 2 saturated carbocycles. The van der Waals surface area contributed by atoms with Gasteiger partial charge < -0.3 is 9.64 Å². The Labute approximate surface area is 204 Å². The highest BCUT2D eigenvalue weighted by Crippen LogP contribution is 2.58. The van der Waals surface area contributed by atoms with Crippen LogP contribution in [0.1, 0.15) is 46.0 Å². The highest BCUT2D eigenvalue weighted by atomic mass is 32.3. The van der Waals surface area contributed by atoms with E-state index in [-0.39, 0.29) is 17.5 Å². The fraction of sp³-hybridized carbons (Fsp3) is 0.583. The minimum absolute atomic E-state index is 0.0178. The van der Waals surface area contributed by atoms with Gasteiger partial charge in [0.2, 0.25) is 5.75 Å². The summed E-state index contributed by atoms with van der Waals surface area (Å²) in [7, 11) is -3.13. The van der Waals surface area contributed by atoms with Crippen LogP contribution in [0, 0.1) is 17.0 Å². The Morgan fingerprint density at radius 1 is 1.11 bits per heavy atom. The third kappa shape index (κ3) is 4.73. The third-order valence-electron chi connectivity index (χ3n) is 7.47. The zero-order valence-corrected chi connectivity index (χ0v) is 20.8. The monoisotopic (exact) mass is 509 g/mol. The predicted molar refractivity (Wildman–Crippen MR) is 129 cm³/mol. The minimum atomic E-state index is -3.13. The molecule has 1 saturated heterocycles. The summed E-state index contributed by atoms with van der Waals surface area (Å²) in [5, 5.41) is 3.81. The molecule has 5 rings (SSSR count). The Kier molecular flexibility index (Phi) is 6.21. The molecule has 0 bridgehead atoms. The molecule has 3 aliphatic rings. The van der Waals surface area contributed by atoms with Crippen molar-refractivity contribution in [3.63, 3.8) is 0 Å². The van der Waals surface area contributed by atoms with Crippen LogP contribution < -0.4 is 15.2 Å². The van der Waals surface area contributed by atoms with Crippen LogP contribution in [0.4, 0.5) is 14.5 Å². The lowest BCUT2D eigenvalue weighted by Crippen LogP contribution is -2.53. The van der Waals surface area contributed by atoms with Gasteiger partial charge in [0.15, 0.2) is 5.25 Å². The molecule has 1 aliphatic heterocycles. The van der Waals surface area contributed by atoms with E-state index >= 15 is 0 Å². The SMILES string of the molecule is CC(C)[S+](=O)(O)N1CCN(c2cnn(-c3cc(F)cc(F)c3)c(=O)c2OC2CCC3(CC3)C2)CC1. The van der Waals surface area contributed by atoms with E-state index < -0.39 is 32.8 Å². The van der Waals surface area contributed by atoms with Gasteiger partial charge >= 0.3 is 5.56 Å². The van der Waals surface area contributed by atoms with E-state index in [0.717, 1.165) is 42.1 Å². The fourth-order valence-electron chi connectivity index (χ4n) is 5.15. The molecule has 1 N–H and O–H groups in total. The van der Waals surface area contributed by atoms with E-state index in [1.165, 1.54) is 19.0 Å². The Balaban J connectivity index is 1.47. The average Bonchev–Trinajstić information content (AvgIpc) is 3.45. The Bertz CT molecular complexity index is 1200. The maximum atomic E-state index is 13.9. The molecule has 190 valence electrons. The number of ether oxygens (including phenoxy) is 1. The number of anilines is 1. The first-order valence-corrected chi connectivity index (χ1v) is 13.6. The highest BCUT2D eigenvalue weighted by Gasteiger charge is 2.49. The number of rotatable bonds is 6. The zero-order chi connectivity index (χ0) is 25.0. The topological polar surface area (TPSA) is 87.9 Å². The number of halogens is 2. The third-order valence-corrected chi connectivity index (χ3v) is 9.80. The summed E-state index contributed by atoms with van der Waals surface area (Å²) in [6, 6.07) is 2.85. The van der Waals surface area contributed by atoms with Crippen LogP contribution in [-0.2, 0) is 14.6 Å². The van der Waals surface area contributed by atoms with Crippen molar-refractivity contribution in [2.45, 2.75) is 57.3 Å². The van der Waals surface area contributed by atoms with Crippen molar-refractivity contribution in [2.24, 2.45) is 5.41 Å². The van der Waals surface area contributed by atoms with E-state index in [1.807, 2.05) is 4.90 Å². The predicted octanol–water partition coefficient (Wildman–Crippen LogP) is 3.64. The molecule has 1 aromatic heterocycles. The molecule has 11 heteroatoms.